The molecule has 0 aromatic heterocycles. The zero-order valence-electron chi connectivity index (χ0n) is 9.93. The molecule has 0 amide bonds. The Labute approximate surface area is 84.6 Å². The van der Waals surface area contributed by atoms with E-state index in [2.05, 4.69) is 33.5 Å². The van der Waals surface area contributed by atoms with Gasteiger partial charge in [-0.25, -0.2) is 0 Å². The molecule has 0 aliphatic rings. The molecule has 0 spiro atoms. The van der Waals surface area contributed by atoms with Crippen LogP contribution >= 0.6 is 0 Å². The molecular weight excluding hydrogens is 176 g/mol. The van der Waals surface area contributed by atoms with Crippen molar-refractivity contribution in [2.24, 2.45) is 0 Å². The predicted molar refractivity (Wildman–Crippen MR) is 62.9 cm³/mol. The van der Waals surface area contributed by atoms with Crippen molar-refractivity contribution in [2.45, 2.75) is 70.8 Å². The van der Waals surface area contributed by atoms with Crippen molar-refractivity contribution in [3.8, 4) is 0 Å². The molecule has 0 fully saturated rings. The van der Waals surface area contributed by atoms with Gasteiger partial charge in [0, 0.05) is 0 Å². The molecule has 0 radical (unpaired) electrons. The Hall–Kier alpha value is 0.177. The third-order valence-corrected chi connectivity index (χ3v) is 5.66. The van der Waals surface area contributed by atoms with Gasteiger partial charge in [0.15, 0.2) is 0 Å². The quantitative estimate of drug-likeness (QED) is 0.652. The first-order chi connectivity index (χ1) is 5.93. The minimum atomic E-state index is -1.16. The molecule has 0 bridgehead atoms. The highest BCUT2D eigenvalue weighted by Crippen LogP contribution is 2.32. The molecule has 0 aromatic rings. The van der Waals surface area contributed by atoms with E-state index in [-0.39, 0.29) is 6.10 Å². The molecule has 13 heavy (non-hydrogen) atoms. The normalized spacial score (nSPS) is 17.1. The Morgan fingerprint density at radius 1 is 1.00 bits per heavy atom. The minimum absolute atomic E-state index is 0.0448. The predicted octanol–water partition coefficient (Wildman–Crippen LogP) is 3.66. The minimum Gasteiger partial charge on any atom is -0.393 e. The monoisotopic (exact) mass is 202 g/mol. The van der Waals surface area contributed by atoms with Crippen LogP contribution in [0.15, 0.2) is 0 Å². The molecule has 80 valence electrons. The van der Waals surface area contributed by atoms with Gasteiger partial charge >= 0.3 is 0 Å². The van der Waals surface area contributed by atoms with Gasteiger partial charge in [0.1, 0.15) is 0 Å². The van der Waals surface area contributed by atoms with Crippen molar-refractivity contribution in [1.82, 2.24) is 0 Å². The Morgan fingerprint density at radius 2 is 1.46 bits per heavy atom. The van der Waals surface area contributed by atoms with E-state index < -0.39 is 8.07 Å². The highest BCUT2D eigenvalue weighted by molar-refractivity contribution is 6.77. The summed E-state index contributed by atoms with van der Waals surface area (Å²) < 4.78 is 0. The largest absolute Gasteiger partial charge is 0.393 e. The maximum absolute atomic E-state index is 10.0. The fourth-order valence-electron chi connectivity index (χ4n) is 2.01. The number of hydrogen-bond donors (Lipinski definition) is 1. The lowest BCUT2D eigenvalue weighted by molar-refractivity contribution is 0.148. The van der Waals surface area contributed by atoms with Crippen molar-refractivity contribution in [1.29, 1.82) is 0 Å². The zero-order valence-corrected chi connectivity index (χ0v) is 10.9. The molecule has 0 saturated heterocycles. The van der Waals surface area contributed by atoms with E-state index in [0.29, 0.717) is 5.54 Å². The molecule has 0 rings (SSSR count). The second kappa shape index (κ2) is 5.81. The van der Waals surface area contributed by atoms with Gasteiger partial charge in [-0.05, 0) is 12.0 Å². The smallest absolute Gasteiger partial charge is 0.0544 e. The Bertz CT molecular complexity index is 129. The van der Waals surface area contributed by atoms with Gasteiger partial charge in [0.2, 0.25) is 0 Å². The van der Waals surface area contributed by atoms with E-state index >= 15 is 0 Å². The van der Waals surface area contributed by atoms with Gasteiger partial charge in [-0.15, -0.1) is 0 Å². The first-order valence-corrected chi connectivity index (χ1v) is 9.19. The lowest BCUT2D eigenvalue weighted by Gasteiger charge is -2.32. The van der Waals surface area contributed by atoms with E-state index in [1.54, 1.807) is 0 Å². The maximum Gasteiger partial charge on any atom is 0.0544 e. The highest BCUT2D eigenvalue weighted by Gasteiger charge is 2.31. The SMILES string of the molecule is CCC[C@H](O)[C@H](CCC)[Si](C)(C)C. The number of aliphatic hydroxyl groups is 1. The van der Waals surface area contributed by atoms with Crippen LogP contribution in [-0.4, -0.2) is 19.3 Å². The van der Waals surface area contributed by atoms with Gasteiger partial charge in [-0.2, -0.15) is 0 Å². The summed E-state index contributed by atoms with van der Waals surface area (Å²) in [7, 11) is -1.16. The van der Waals surface area contributed by atoms with E-state index in [0.717, 1.165) is 12.8 Å². The van der Waals surface area contributed by atoms with Crippen LogP contribution in [0, 0.1) is 0 Å². The molecule has 0 saturated carbocycles. The molecule has 2 atom stereocenters. The third kappa shape index (κ3) is 4.82. The van der Waals surface area contributed by atoms with Crippen LogP contribution in [0.2, 0.25) is 25.2 Å². The van der Waals surface area contributed by atoms with Crippen LogP contribution < -0.4 is 0 Å². The lowest BCUT2D eigenvalue weighted by atomic mass is 10.1. The number of hydrogen-bond acceptors (Lipinski definition) is 1. The highest BCUT2D eigenvalue weighted by atomic mass is 28.3. The Morgan fingerprint density at radius 3 is 1.77 bits per heavy atom. The summed E-state index contributed by atoms with van der Waals surface area (Å²) >= 11 is 0. The van der Waals surface area contributed by atoms with Gasteiger partial charge in [-0.1, -0.05) is 52.8 Å². The summed E-state index contributed by atoms with van der Waals surface area (Å²) in [5.41, 5.74) is 0.595. The fourth-order valence-corrected chi connectivity index (χ4v) is 4.49. The summed E-state index contributed by atoms with van der Waals surface area (Å²) in [4.78, 5) is 0. The van der Waals surface area contributed by atoms with Crippen molar-refractivity contribution >= 4 is 8.07 Å². The van der Waals surface area contributed by atoms with E-state index in [4.69, 9.17) is 0 Å². The first-order valence-electron chi connectivity index (χ1n) is 5.61. The van der Waals surface area contributed by atoms with Crippen molar-refractivity contribution in [2.75, 3.05) is 0 Å². The molecule has 2 heteroatoms. The average molecular weight is 202 g/mol. The molecule has 0 heterocycles. The van der Waals surface area contributed by atoms with Crippen LogP contribution in [0.3, 0.4) is 0 Å². The summed E-state index contributed by atoms with van der Waals surface area (Å²) in [6.07, 6.45) is 4.45. The van der Waals surface area contributed by atoms with Crippen molar-refractivity contribution in [3.63, 3.8) is 0 Å². The molecule has 0 aliphatic heterocycles. The summed E-state index contributed by atoms with van der Waals surface area (Å²) in [5.74, 6) is 0. The molecular formula is C11H26OSi. The molecule has 1 N–H and O–H groups in total. The van der Waals surface area contributed by atoms with Gasteiger partial charge in [0.25, 0.3) is 0 Å². The number of rotatable bonds is 6. The van der Waals surface area contributed by atoms with Crippen LogP contribution in [0.5, 0.6) is 0 Å². The number of aliphatic hydroxyl groups excluding tert-OH is 1. The van der Waals surface area contributed by atoms with E-state index in [1.807, 2.05) is 0 Å². The van der Waals surface area contributed by atoms with Gasteiger partial charge in [0.05, 0.1) is 14.2 Å². The topological polar surface area (TPSA) is 20.2 Å². The molecule has 0 aromatic carbocycles. The standard InChI is InChI=1S/C11H26OSi/c1-6-8-10(12)11(9-7-2)13(3,4)5/h10-12H,6-9H2,1-5H3/t10-,11-/m0/s1. The lowest BCUT2D eigenvalue weighted by Crippen LogP contribution is -2.36. The van der Waals surface area contributed by atoms with Gasteiger partial charge in [-0.3, -0.25) is 0 Å². The molecule has 0 aliphatic carbocycles. The van der Waals surface area contributed by atoms with Gasteiger partial charge < -0.3 is 5.11 Å². The second-order valence-electron chi connectivity index (χ2n) is 5.12. The Balaban J connectivity index is 4.23. The maximum atomic E-state index is 10.0. The van der Waals surface area contributed by atoms with Crippen LogP contribution in [-0.2, 0) is 0 Å². The summed E-state index contributed by atoms with van der Waals surface area (Å²) in [6, 6.07) is 0. The molecule has 1 nitrogen and oxygen atoms in total. The molecule has 0 unspecified atom stereocenters. The van der Waals surface area contributed by atoms with Crippen molar-refractivity contribution < 1.29 is 5.11 Å². The average Bonchev–Trinajstić information content (AvgIpc) is 1.98. The first kappa shape index (κ1) is 13.2. The van der Waals surface area contributed by atoms with Crippen LogP contribution in [0.1, 0.15) is 39.5 Å². The fraction of sp³-hybridized carbons (Fsp3) is 1.00. The van der Waals surface area contributed by atoms with E-state index in [1.165, 1.54) is 12.8 Å². The zero-order chi connectivity index (χ0) is 10.5. The van der Waals surface area contributed by atoms with Crippen molar-refractivity contribution in [3.05, 3.63) is 0 Å². The summed E-state index contributed by atoms with van der Waals surface area (Å²) in [6.45, 7) is 11.5. The van der Waals surface area contributed by atoms with E-state index in [9.17, 15) is 5.11 Å². The van der Waals surface area contributed by atoms with Crippen LogP contribution in [0.4, 0.5) is 0 Å². The summed E-state index contributed by atoms with van der Waals surface area (Å²) in [5, 5.41) is 10.0. The third-order valence-electron chi connectivity index (χ3n) is 2.76. The van der Waals surface area contributed by atoms with Crippen LogP contribution in [0.25, 0.3) is 0 Å². The second-order valence-corrected chi connectivity index (χ2v) is 10.6. The Kier molecular flexibility index (Phi) is 5.89.